The predicted octanol–water partition coefficient (Wildman–Crippen LogP) is 2.97. The fourth-order valence-electron chi connectivity index (χ4n) is 1.83. The van der Waals surface area contributed by atoms with Crippen LogP contribution in [0.25, 0.3) is 0 Å². The van der Waals surface area contributed by atoms with Crippen molar-refractivity contribution in [2.75, 3.05) is 6.61 Å². The van der Waals surface area contributed by atoms with Crippen LogP contribution in [0.4, 0.5) is 0 Å². The first kappa shape index (κ1) is 15.5. The first-order chi connectivity index (χ1) is 7.52. The monoisotopic (exact) mass is 226 g/mol. The van der Waals surface area contributed by atoms with E-state index in [2.05, 4.69) is 21.7 Å². The van der Waals surface area contributed by atoms with Crippen LogP contribution in [0.15, 0.2) is 0 Å². The fraction of sp³-hybridized carbons (Fsp3) is 0.923. The number of hydrogen-bond acceptors (Lipinski definition) is 2. The van der Waals surface area contributed by atoms with Gasteiger partial charge in [0.25, 0.3) is 0 Å². The zero-order chi connectivity index (χ0) is 12.4. The summed E-state index contributed by atoms with van der Waals surface area (Å²) in [6, 6.07) is 0. The summed E-state index contributed by atoms with van der Waals surface area (Å²) in [5.74, 6) is -0.0517. The molecule has 0 saturated carbocycles. The molecule has 0 atom stereocenters. The minimum absolute atomic E-state index is 0.0517. The Bertz CT molecular complexity index is 190. The van der Waals surface area contributed by atoms with Gasteiger partial charge < -0.3 is 4.74 Å². The maximum atomic E-state index is 11.2. The van der Waals surface area contributed by atoms with Gasteiger partial charge in [-0.1, -0.05) is 39.4 Å². The summed E-state index contributed by atoms with van der Waals surface area (Å²) in [5.41, 5.74) is 0.278. The van der Waals surface area contributed by atoms with Crippen LogP contribution in [0.1, 0.15) is 59.3 Å². The van der Waals surface area contributed by atoms with Crippen LogP contribution in [0, 0.1) is 5.41 Å². The zero-order valence-electron chi connectivity index (χ0n) is 11.5. The molecule has 0 bridgehead atoms. The first-order valence-corrected chi connectivity index (χ1v) is 6.67. The van der Waals surface area contributed by atoms with Gasteiger partial charge in [0.1, 0.15) is 7.85 Å². The molecule has 0 aliphatic carbocycles. The van der Waals surface area contributed by atoms with Crippen molar-refractivity contribution in [2.45, 2.75) is 65.6 Å². The summed E-state index contributed by atoms with van der Waals surface area (Å²) >= 11 is 0. The third-order valence-corrected chi connectivity index (χ3v) is 3.02. The summed E-state index contributed by atoms with van der Waals surface area (Å²) < 4.78 is 4.94. The summed E-state index contributed by atoms with van der Waals surface area (Å²) in [5, 5.41) is 0. The van der Waals surface area contributed by atoms with E-state index in [0.29, 0.717) is 13.0 Å². The molecule has 0 aromatic carbocycles. The lowest BCUT2D eigenvalue weighted by molar-refractivity contribution is -0.143. The molecule has 0 amide bonds. The molecule has 0 N–H and O–H groups in total. The first-order valence-electron chi connectivity index (χ1n) is 6.67. The normalized spacial score (nSPS) is 11.4. The molecule has 0 aromatic rings. The molecule has 0 spiro atoms. The van der Waals surface area contributed by atoms with Gasteiger partial charge in [0.15, 0.2) is 0 Å². The Kier molecular flexibility index (Phi) is 8.41. The van der Waals surface area contributed by atoms with Crippen molar-refractivity contribution in [2.24, 2.45) is 5.41 Å². The molecular formula is C13H27BO2. The molecule has 0 aliphatic rings. The number of esters is 1. The Balaban J connectivity index is 3.64. The van der Waals surface area contributed by atoms with Gasteiger partial charge in [0.05, 0.1) is 6.61 Å². The zero-order valence-corrected chi connectivity index (χ0v) is 11.5. The van der Waals surface area contributed by atoms with E-state index in [4.69, 9.17) is 4.74 Å². The van der Waals surface area contributed by atoms with Gasteiger partial charge in [0.2, 0.25) is 0 Å². The predicted molar refractivity (Wildman–Crippen MR) is 71.5 cm³/mol. The average Bonchev–Trinajstić information content (AvgIpc) is 2.22. The number of unbranched alkanes of at least 4 members (excludes halogenated alkanes) is 2. The molecule has 0 fully saturated rings. The van der Waals surface area contributed by atoms with Gasteiger partial charge in [0, 0.05) is 6.42 Å². The maximum absolute atomic E-state index is 11.2. The van der Waals surface area contributed by atoms with E-state index in [1.165, 1.54) is 32.0 Å². The lowest BCUT2D eigenvalue weighted by Gasteiger charge is -2.24. The number of carbonyl (C=O) groups is 1. The van der Waals surface area contributed by atoms with Crippen molar-refractivity contribution >= 4 is 13.8 Å². The Morgan fingerprint density at radius 1 is 1.19 bits per heavy atom. The Labute approximate surface area is 102 Å². The van der Waals surface area contributed by atoms with Crippen molar-refractivity contribution in [3.05, 3.63) is 0 Å². The van der Waals surface area contributed by atoms with Gasteiger partial charge in [-0.2, -0.15) is 0 Å². The van der Waals surface area contributed by atoms with Gasteiger partial charge in [-0.25, -0.2) is 0 Å². The van der Waals surface area contributed by atoms with Crippen LogP contribution in [0.3, 0.4) is 0 Å². The highest BCUT2D eigenvalue weighted by Gasteiger charge is 2.19. The summed E-state index contributed by atoms with van der Waals surface area (Å²) in [6.07, 6.45) is 7.93. The Hall–Kier alpha value is -0.465. The van der Waals surface area contributed by atoms with Crippen LogP contribution in [-0.4, -0.2) is 20.4 Å². The average molecular weight is 226 g/mol. The minimum Gasteiger partial charge on any atom is -0.466 e. The van der Waals surface area contributed by atoms with Gasteiger partial charge >= 0.3 is 5.97 Å². The van der Waals surface area contributed by atoms with Crippen LogP contribution in [0.2, 0.25) is 6.32 Å². The van der Waals surface area contributed by atoms with Gasteiger partial charge in [-0.05, 0) is 25.2 Å². The second-order valence-corrected chi connectivity index (χ2v) is 5.28. The highest BCUT2D eigenvalue weighted by atomic mass is 16.5. The van der Waals surface area contributed by atoms with E-state index in [1.54, 1.807) is 0 Å². The molecule has 0 saturated heterocycles. The van der Waals surface area contributed by atoms with Crippen LogP contribution in [-0.2, 0) is 9.53 Å². The fourth-order valence-corrected chi connectivity index (χ4v) is 1.83. The van der Waals surface area contributed by atoms with Gasteiger partial charge in [-0.3, -0.25) is 4.79 Å². The van der Waals surface area contributed by atoms with Gasteiger partial charge in [-0.15, -0.1) is 0 Å². The van der Waals surface area contributed by atoms with Crippen molar-refractivity contribution < 1.29 is 9.53 Å². The maximum Gasteiger partial charge on any atom is 0.305 e. The van der Waals surface area contributed by atoms with E-state index in [0.717, 1.165) is 6.42 Å². The van der Waals surface area contributed by atoms with Crippen LogP contribution in [0.5, 0.6) is 0 Å². The Morgan fingerprint density at radius 3 is 2.44 bits per heavy atom. The van der Waals surface area contributed by atoms with E-state index >= 15 is 0 Å². The number of carbonyl (C=O) groups excluding carboxylic acids is 1. The summed E-state index contributed by atoms with van der Waals surface area (Å²) in [4.78, 5) is 11.2. The molecule has 0 rings (SSSR count). The molecule has 3 heteroatoms. The third-order valence-electron chi connectivity index (χ3n) is 3.02. The largest absolute Gasteiger partial charge is 0.466 e. The second-order valence-electron chi connectivity index (χ2n) is 5.28. The number of hydrogen-bond donors (Lipinski definition) is 0. The van der Waals surface area contributed by atoms with E-state index < -0.39 is 0 Å². The quantitative estimate of drug-likeness (QED) is 0.343. The molecular weight excluding hydrogens is 199 g/mol. The molecule has 0 unspecified atom stereocenters. The minimum atomic E-state index is -0.0517. The highest BCUT2D eigenvalue weighted by Crippen LogP contribution is 2.29. The smallest absolute Gasteiger partial charge is 0.305 e. The molecule has 0 aliphatic heterocycles. The Morgan fingerprint density at radius 2 is 1.88 bits per heavy atom. The molecule has 16 heavy (non-hydrogen) atoms. The summed E-state index contributed by atoms with van der Waals surface area (Å²) in [6.45, 7) is 6.85. The van der Waals surface area contributed by atoms with E-state index in [-0.39, 0.29) is 11.4 Å². The van der Waals surface area contributed by atoms with Crippen LogP contribution < -0.4 is 0 Å². The summed E-state index contributed by atoms with van der Waals surface area (Å²) in [7, 11) is 2.23. The molecule has 0 radical (unpaired) electrons. The van der Waals surface area contributed by atoms with Crippen molar-refractivity contribution in [1.82, 2.24) is 0 Å². The number of rotatable bonds is 9. The lowest BCUT2D eigenvalue weighted by atomic mass is 9.82. The lowest BCUT2D eigenvalue weighted by Crippen LogP contribution is -2.15. The van der Waals surface area contributed by atoms with Crippen molar-refractivity contribution in [1.29, 1.82) is 0 Å². The molecule has 2 nitrogen and oxygen atoms in total. The molecule has 0 heterocycles. The van der Waals surface area contributed by atoms with Crippen LogP contribution >= 0.6 is 0 Å². The van der Waals surface area contributed by atoms with Crippen molar-refractivity contribution in [3.63, 3.8) is 0 Å². The van der Waals surface area contributed by atoms with Crippen molar-refractivity contribution in [3.8, 4) is 0 Å². The van der Waals surface area contributed by atoms with E-state index in [9.17, 15) is 4.79 Å². The topological polar surface area (TPSA) is 26.3 Å². The molecule has 0 aromatic heterocycles. The number of ether oxygens (including phenoxy) is 1. The second kappa shape index (κ2) is 8.66. The third kappa shape index (κ3) is 8.81. The highest BCUT2D eigenvalue weighted by molar-refractivity contribution is 6.08. The standard InChI is InChI=1S/C13H27BO2/c1-4-16-12(15)8-10-13(2,3)9-6-5-7-11-14/h4-11,14H2,1-3H3. The van der Waals surface area contributed by atoms with E-state index in [1.807, 2.05) is 6.92 Å². The SMILES string of the molecule is BCCCCCC(C)(C)CCC(=O)OCC. The molecule has 94 valence electrons.